The van der Waals surface area contributed by atoms with Crippen LogP contribution in [0.5, 0.6) is 5.75 Å². The van der Waals surface area contributed by atoms with Crippen LogP contribution in [0.2, 0.25) is 0 Å². The maximum absolute atomic E-state index is 12.9. The summed E-state index contributed by atoms with van der Waals surface area (Å²) in [5, 5.41) is 3.44. The molecular formula is C17H26N2O3S. The molecule has 128 valence electrons. The van der Waals surface area contributed by atoms with Gasteiger partial charge >= 0.3 is 0 Å². The summed E-state index contributed by atoms with van der Waals surface area (Å²) in [7, 11) is -3.42. The molecule has 0 aromatic heterocycles. The second-order valence-corrected chi connectivity index (χ2v) is 8.56. The highest BCUT2D eigenvalue weighted by Crippen LogP contribution is 2.37. The molecule has 0 amide bonds. The Labute approximate surface area is 139 Å². The molecule has 0 saturated carbocycles. The lowest BCUT2D eigenvalue weighted by Gasteiger charge is -2.44. The molecule has 5 nitrogen and oxygen atoms in total. The van der Waals surface area contributed by atoms with Crippen molar-refractivity contribution in [1.29, 1.82) is 0 Å². The minimum absolute atomic E-state index is 0.120. The van der Waals surface area contributed by atoms with Gasteiger partial charge in [-0.15, -0.1) is 0 Å². The van der Waals surface area contributed by atoms with E-state index >= 15 is 0 Å². The maximum Gasteiger partial charge on any atom is 0.243 e. The molecule has 2 aliphatic rings. The molecule has 1 N–H and O–H groups in total. The predicted octanol–water partition coefficient (Wildman–Crippen LogP) is 2.24. The molecule has 3 rings (SSSR count). The van der Waals surface area contributed by atoms with Crippen molar-refractivity contribution in [3.05, 3.63) is 24.3 Å². The van der Waals surface area contributed by atoms with Crippen LogP contribution in [0.4, 0.5) is 0 Å². The Morgan fingerprint density at radius 3 is 2.61 bits per heavy atom. The van der Waals surface area contributed by atoms with Gasteiger partial charge in [0.05, 0.1) is 11.5 Å². The molecule has 0 radical (unpaired) electrons. The van der Waals surface area contributed by atoms with Crippen LogP contribution >= 0.6 is 0 Å². The summed E-state index contributed by atoms with van der Waals surface area (Å²) in [6.07, 6.45) is 4.32. The zero-order valence-electron chi connectivity index (χ0n) is 13.8. The van der Waals surface area contributed by atoms with Crippen molar-refractivity contribution >= 4 is 10.0 Å². The third-order valence-corrected chi connectivity index (χ3v) is 6.82. The topological polar surface area (TPSA) is 58.6 Å². The van der Waals surface area contributed by atoms with E-state index in [0.29, 0.717) is 30.3 Å². The summed E-state index contributed by atoms with van der Waals surface area (Å²) >= 11 is 0. The number of hydrogen-bond acceptors (Lipinski definition) is 4. The molecule has 2 saturated heterocycles. The lowest BCUT2D eigenvalue weighted by Crippen LogP contribution is -2.52. The Hall–Kier alpha value is -1.11. The van der Waals surface area contributed by atoms with Gasteiger partial charge in [0, 0.05) is 19.6 Å². The van der Waals surface area contributed by atoms with Crippen molar-refractivity contribution in [2.24, 2.45) is 5.41 Å². The van der Waals surface area contributed by atoms with Crippen LogP contribution < -0.4 is 10.1 Å². The molecule has 1 atom stereocenters. The summed E-state index contributed by atoms with van der Waals surface area (Å²) in [4.78, 5) is 0.363. The fraction of sp³-hybridized carbons (Fsp3) is 0.647. The summed E-state index contributed by atoms with van der Waals surface area (Å²) < 4.78 is 33.0. The van der Waals surface area contributed by atoms with E-state index in [9.17, 15) is 8.42 Å². The lowest BCUT2D eigenvalue weighted by atomic mass is 9.75. The van der Waals surface area contributed by atoms with Gasteiger partial charge in [0.15, 0.2) is 0 Å². The van der Waals surface area contributed by atoms with Gasteiger partial charge in [0.2, 0.25) is 10.0 Å². The molecule has 2 aliphatic heterocycles. The molecule has 1 unspecified atom stereocenters. The number of hydrogen-bond donors (Lipinski definition) is 1. The van der Waals surface area contributed by atoms with E-state index in [4.69, 9.17) is 4.74 Å². The van der Waals surface area contributed by atoms with E-state index in [-0.39, 0.29) is 5.41 Å². The molecular weight excluding hydrogens is 312 g/mol. The molecule has 23 heavy (non-hydrogen) atoms. The highest BCUT2D eigenvalue weighted by atomic mass is 32.2. The Morgan fingerprint density at radius 1 is 1.22 bits per heavy atom. The third-order valence-electron chi connectivity index (χ3n) is 4.96. The molecule has 2 fully saturated rings. The number of rotatable bonds is 4. The van der Waals surface area contributed by atoms with E-state index in [1.54, 1.807) is 28.6 Å². The van der Waals surface area contributed by atoms with Gasteiger partial charge in [-0.2, -0.15) is 4.31 Å². The number of ether oxygens (including phenoxy) is 1. The van der Waals surface area contributed by atoms with E-state index in [2.05, 4.69) is 5.32 Å². The predicted molar refractivity (Wildman–Crippen MR) is 90.1 cm³/mol. The minimum Gasteiger partial charge on any atom is -0.494 e. The summed E-state index contributed by atoms with van der Waals surface area (Å²) in [5.41, 5.74) is 0.120. The average molecular weight is 338 g/mol. The Bertz CT molecular complexity index is 616. The molecule has 6 heteroatoms. The van der Waals surface area contributed by atoms with Crippen LogP contribution in [-0.2, 0) is 10.0 Å². The van der Waals surface area contributed by atoms with Crippen molar-refractivity contribution in [2.45, 2.75) is 37.5 Å². The SMILES string of the molecule is CCOc1ccc(S(=O)(=O)N2CCCC3(CCCNC3)C2)cc1. The quantitative estimate of drug-likeness (QED) is 0.915. The molecule has 2 heterocycles. The van der Waals surface area contributed by atoms with Crippen LogP contribution in [0.3, 0.4) is 0 Å². The lowest BCUT2D eigenvalue weighted by molar-refractivity contribution is 0.110. The van der Waals surface area contributed by atoms with Gasteiger partial charge in [-0.3, -0.25) is 0 Å². The fourth-order valence-electron chi connectivity index (χ4n) is 3.77. The van der Waals surface area contributed by atoms with E-state index in [1.807, 2.05) is 6.92 Å². The second kappa shape index (κ2) is 6.79. The molecule has 0 bridgehead atoms. The van der Waals surface area contributed by atoms with Crippen molar-refractivity contribution in [1.82, 2.24) is 9.62 Å². The standard InChI is InChI=1S/C17H26N2O3S/c1-2-22-15-5-7-16(8-6-15)23(20,21)19-12-4-10-17(14-19)9-3-11-18-13-17/h5-8,18H,2-4,9-14H2,1H3. The smallest absolute Gasteiger partial charge is 0.243 e. The summed E-state index contributed by atoms with van der Waals surface area (Å²) in [6, 6.07) is 6.78. The first-order chi connectivity index (χ1) is 11.1. The van der Waals surface area contributed by atoms with Crippen molar-refractivity contribution < 1.29 is 13.2 Å². The van der Waals surface area contributed by atoms with Gasteiger partial charge in [-0.25, -0.2) is 8.42 Å². The average Bonchev–Trinajstić information content (AvgIpc) is 2.56. The zero-order chi connectivity index (χ0) is 16.3. The normalized spacial score (nSPS) is 26.3. The maximum atomic E-state index is 12.9. The second-order valence-electron chi connectivity index (χ2n) is 6.63. The zero-order valence-corrected chi connectivity index (χ0v) is 14.6. The van der Waals surface area contributed by atoms with Crippen molar-refractivity contribution in [3.8, 4) is 5.75 Å². The first kappa shape index (κ1) is 16.7. The molecule has 1 aromatic rings. The Kier molecular flexibility index (Phi) is 4.94. The van der Waals surface area contributed by atoms with Gasteiger partial charge in [0.25, 0.3) is 0 Å². The highest BCUT2D eigenvalue weighted by Gasteiger charge is 2.40. The van der Waals surface area contributed by atoms with Crippen LogP contribution in [0.25, 0.3) is 0 Å². The molecule has 1 spiro atoms. The number of sulfonamides is 1. The van der Waals surface area contributed by atoms with Crippen LogP contribution in [0, 0.1) is 5.41 Å². The van der Waals surface area contributed by atoms with Crippen LogP contribution in [-0.4, -0.2) is 45.5 Å². The van der Waals surface area contributed by atoms with E-state index < -0.39 is 10.0 Å². The first-order valence-electron chi connectivity index (χ1n) is 8.50. The van der Waals surface area contributed by atoms with Crippen LogP contribution in [0.15, 0.2) is 29.2 Å². The van der Waals surface area contributed by atoms with Crippen molar-refractivity contribution in [2.75, 3.05) is 32.8 Å². The Balaban J connectivity index is 1.78. The first-order valence-corrected chi connectivity index (χ1v) is 9.94. The monoisotopic (exact) mass is 338 g/mol. The Morgan fingerprint density at radius 2 is 1.96 bits per heavy atom. The van der Waals surface area contributed by atoms with Gasteiger partial charge in [-0.1, -0.05) is 0 Å². The molecule has 1 aromatic carbocycles. The summed E-state index contributed by atoms with van der Waals surface area (Å²) in [5.74, 6) is 0.707. The number of benzene rings is 1. The van der Waals surface area contributed by atoms with Gasteiger partial charge in [-0.05, 0) is 68.8 Å². The number of nitrogens with one attached hydrogen (secondary N) is 1. The largest absolute Gasteiger partial charge is 0.494 e. The highest BCUT2D eigenvalue weighted by molar-refractivity contribution is 7.89. The van der Waals surface area contributed by atoms with Gasteiger partial charge in [0.1, 0.15) is 5.75 Å². The number of piperidine rings is 2. The van der Waals surface area contributed by atoms with Crippen molar-refractivity contribution in [3.63, 3.8) is 0 Å². The third kappa shape index (κ3) is 3.54. The summed E-state index contributed by atoms with van der Waals surface area (Å²) in [6.45, 7) is 5.73. The van der Waals surface area contributed by atoms with Crippen LogP contribution in [0.1, 0.15) is 32.6 Å². The van der Waals surface area contributed by atoms with Gasteiger partial charge < -0.3 is 10.1 Å². The fourth-order valence-corrected chi connectivity index (χ4v) is 5.36. The van der Waals surface area contributed by atoms with E-state index in [0.717, 1.165) is 38.8 Å². The number of nitrogens with zero attached hydrogens (tertiary/aromatic N) is 1. The van der Waals surface area contributed by atoms with E-state index in [1.165, 1.54) is 0 Å². The molecule has 0 aliphatic carbocycles. The minimum atomic E-state index is -3.42.